The topological polar surface area (TPSA) is 61.8 Å². The molecule has 5 heteroatoms. The number of Topliss-reactive ketones (excluding diaryl/α,β-unsaturated/α-hetero) is 1. The maximum absolute atomic E-state index is 12.1. The lowest BCUT2D eigenvalue weighted by atomic mass is 10.0. The van der Waals surface area contributed by atoms with Crippen molar-refractivity contribution in [3.8, 4) is 17.2 Å². The van der Waals surface area contributed by atoms with Crippen LogP contribution in [-0.2, 0) is 16.0 Å². The fourth-order valence-electron chi connectivity index (χ4n) is 2.79. The molecule has 0 atom stereocenters. The van der Waals surface area contributed by atoms with Gasteiger partial charge in [-0.05, 0) is 54.3 Å². The number of rotatable bonds is 10. The lowest BCUT2D eigenvalue weighted by molar-refractivity contribution is -0.124. The second-order valence-electron chi connectivity index (χ2n) is 6.43. The van der Waals surface area contributed by atoms with Crippen molar-refractivity contribution in [2.45, 2.75) is 26.2 Å². The summed E-state index contributed by atoms with van der Waals surface area (Å²) >= 11 is 0. The molecule has 0 bridgehead atoms. The Morgan fingerprint density at radius 3 is 2.29 bits per heavy atom. The zero-order chi connectivity index (χ0) is 20.5. The molecule has 0 spiro atoms. The van der Waals surface area contributed by atoms with E-state index in [1.807, 2.05) is 31.2 Å². The van der Waals surface area contributed by atoms with E-state index < -0.39 is 0 Å². The van der Waals surface area contributed by atoms with E-state index in [1.165, 1.54) is 6.08 Å². The molecule has 2 aromatic carbocycles. The first kappa shape index (κ1) is 21.2. The highest BCUT2D eigenvalue weighted by atomic mass is 16.5. The highest BCUT2D eigenvalue weighted by molar-refractivity contribution is 6.06. The number of methoxy groups -OCH3 is 3. The maximum Gasteiger partial charge on any atom is 0.163 e. The molecular formula is C23H26O5. The van der Waals surface area contributed by atoms with Gasteiger partial charge in [0.15, 0.2) is 17.3 Å². The molecule has 2 rings (SSSR count). The van der Waals surface area contributed by atoms with E-state index in [0.29, 0.717) is 24.3 Å². The van der Waals surface area contributed by atoms with Crippen LogP contribution in [0.25, 0.3) is 6.08 Å². The number of carbonyl (C=O) groups excluding carboxylic acids is 2. The summed E-state index contributed by atoms with van der Waals surface area (Å²) in [5.41, 5.74) is 2.86. The summed E-state index contributed by atoms with van der Waals surface area (Å²) in [6.07, 6.45) is 3.90. The zero-order valence-electron chi connectivity index (χ0n) is 16.8. The van der Waals surface area contributed by atoms with Gasteiger partial charge in [-0.1, -0.05) is 24.3 Å². The van der Waals surface area contributed by atoms with Gasteiger partial charge >= 0.3 is 0 Å². The zero-order valence-corrected chi connectivity index (χ0v) is 16.8. The van der Waals surface area contributed by atoms with E-state index in [1.54, 1.807) is 39.5 Å². The van der Waals surface area contributed by atoms with Crippen molar-refractivity contribution in [1.82, 2.24) is 0 Å². The number of aryl methyl sites for hydroxylation is 2. The molecular weight excluding hydrogens is 356 g/mol. The molecule has 0 N–H and O–H groups in total. The standard InChI is InChI=1S/C23H26O5/c1-16-5-6-17(13-22(16)27-3)7-10-19(24)15-20(25)11-8-18-9-12-21(26-2)23(14-18)28-4/h5-6,8-9,11-14H,7,10,15H2,1-4H3/b11-8+. The molecule has 0 fully saturated rings. The maximum atomic E-state index is 12.1. The summed E-state index contributed by atoms with van der Waals surface area (Å²) in [5, 5.41) is 0. The monoisotopic (exact) mass is 382 g/mol. The number of hydrogen-bond donors (Lipinski definition) is 0. The van der Waals surface area contributed by atoms with E-state index in [2.05, 4.69) is 0 Å². The third kappa shape index (κ3) is 5.98. The minimum Gasteiger partial charge on any atom is -0.496 e. The molecule has 0 saturated carbocycles. The van der Waals surface area contributed by atoms with Crippen LogP contribution in [0.15, 0.2) is 42.5 Å². The highest BCUT2D eigenvalue weighted by Gasteiger charge is 2.09. The third-order valence-corrected chi connectivity index (χ3v) is 4.41. The SMILES string of the molecule is COc1cc(CCC(=O)CC(=O)/C=C/c2ccc(OC)c(OC)c2)ccc1C. The Bertz CT molecular complexity index is 867. The van der Waals surface area contributed by atoms with E-state index in [0.717, 1.165) is 22.4 Å². The first-order valence-electron chi connectivity index (χ1n) is 9.05. The molecule has 0 heterocycles. The van der Waals surface area contributed by atoms with Crippen molar-refractivity contribution in [3.05, 3.63) is 59.2 Å². The molecule has 0 aliphatic rings. The molecule has 0 aliphatic carbocycles. The van der Waals surface area contributed by atoms with E-state index >= 15 is 0 Å². The average Bonchev–Trinajstić information content (AvgIpc) is 2.71. The smallest absolute Gasteiger partial charge is 0.163 e. The number of allylic oxidation sites excluding steroid dienone is 1. The summed E-state index contributed by atoms with van der Waals surface area (Å²) in [4.78, 5) is 24.2. The van der Waals surface area contributed by atoms with Crippen molar-refractivity contribution in [3.63, 3.8) is 0 Å². The van der Waals surface area contributed by atoms with Crippen molar-refractivity contribution in [1.29, 1.82) is 0 Å². The van der Waals surface area contributed by atoms with Gasteiger partial charge < -0.3 is 14.2 Å². The lowest BCUT2D eigenvalue weighted by Crippen LogP contribution is -2.06. The van der Waals surface area contributed by atoms with Crippen molar-refractivity contribution in [2.24, 2.45) is 0 Å². The average molecular weight is 382 g/mol. The van der Waals surface area contributed by atoms with Crippen molar-refractivity contribution < 1.29 is 23.8 Å². The number of ether oxygens (including phenoxy) is 3. The fraction of sp³-hybridized carbons (Fsp3) is 0.304. The van der Waals surface area contributed by atoms with Crippen LogP contribution in [0.1, 0.15) is 29.5 Å². The Morgan fingerprint density at radius 1 is 0.893 bits per heavy atom. The minimum absolute atomic E-state index is 0.0819. The molecule has 0 aliphatic heterocycles. The Kier molecular flexibility index (Phi) is 7.81. The van der Waals surface area contributed by atoms with Crippen molar-refractivity contribution >= 4 is 17.6 Å². The fourth-order valence-corrected chi connectivity index (χ4v) is 2.79. The first-order chi connectivity index (χ1) is 13.5. The molecule has 0 radical (unpaired) electrons. The number of benzene rings is 2. The third-order valence-electron chi connectivity index (χ3n) is 4.41. The molecule has 2 aromatic rings. The van der Waals surface area contributed by atoms with Crippen LogP contribution in [0.5, 0.6) is 17.2 Å². The van der Waals surface area contributed by atoms with E-state index in [-0.39, 0.29) is 18.0 Å². The Hall–Kier alpha value is -3.08. The van der Waals surface area contributed by atoms with Gasteiger partial charge in [0, 0.05) is 6.42 Å². The van der Waals surface area contributed by atoms with Crippen LogP contribution in [-0.4, -0.2) is 32.9 Å². The predicted molar refractivity (Wildman–Crippen MR) is 109 cm³/mol. The number of carbonyl (C=O) groups is 2. The second-order valence-corrected chi connectivity index (χ2v) is 6.43. The van der Waals surface area contributed by atoms with Gasteiger partial charge in [0.1, 0.15) is 11.5 Å². The minimum atomic E-state index is -0.221. The second kappa shape index (κ2) is 10.3. The van der Waals surface area contributed by atoms with Gasteiger partial charge in [-0.3, -0.25) is 9.59 Å². The van der Waals surface area contributed by atoms with Gasteiger partial charge in [-0.2, -0.15) is 0 Å². The van der Waals surface area contributed by atoms with Crippen molar-refractivity contribution in [2.75, 3.05) is 21.3 Å². The van der Waals surface area contributed by atoms with Crippen LogP contribution >= 0.6 is 0 Å². The lowest BCUT2D eigenvalue weighted by Gasteiger charge is -2.07. The number of ketones is 2. The summed E-state index contributed by atoms with van der Waals surface area (Å²) in [5.74, 6) is 1.71. The van der Waals surface area contributed by atoms with Gasteiger partial charge in [0.2, 0.25) is 0 Å². The molecule has 148 valence electrons. The quantitative estimate of drug-likeness (QED) is 0.455. The summed E-state index contributed by atoms with van der Waals surface area (Å²) < 4.78 is 15.7. The number of hydrogen-bond acceptors (Lipinski definition) is 5. The van der Waals surface area contributed by atoms with Crippen LogP contribution in [0, 0.1) is 6.92 Å². The van der Waals surface area contributed by atoms with Crippen LogP contribution in [0.3, 0.4) is 0 Å². The van der Waals surface area contributed by atoms with E-state index in [4.69, 9.17) is 14.2 Å². The Balaban J connectivity index is 1.88. The van der Waals surface area contributed by atoms with Gasteiger partial charge in [-0.15, -0.1) is 0 Å². The van der Waals surface area contributed by atoms with Crippen LogP contribution in [0.2, 0.25) is 0 Å². The molecule has 0 aromatic heterocycles. The molecule has 28 heavy (non-hydrogen) atoms. The van der Waals surface area contributed by atoms with Gasteiger partial charge in [0.25, 0.3) is 0 Å². The molecule has 5 nitrogen and oxygen atoms in total. The Labute approximate surface area is 165 Å². The molecule has 0 amide bonds. The largest absolute Gasteiger partial charge is 0.496 e. The summed E-state index contributed by atoms with van der Waals surface area (Å²) in [6.45, 7) is 1.97. The molecule has 0 unspecified atom stereocenters. The highest BCUT2D eigenvalue weighted by Crippen LogP contribution is 2.28. The first-order valence-corrected chi connectivity index (χ1v) is 9.05. The normalized spacial score (nSPS) is 10.7. The predicted octanol–water partition coefficient (Wildman–Crippen LogP) is 4.20. The van der Waals surface area contributed by atoms with Crippen LogP contribution in [0.4, 0.5) is 0 Å². The van der Waals surface area contributed by atoms with Crippen LogP contribution < -0.4 is 14.2 Å². The summed E-state index contributed by atoms with van der Waals surface area (Å²) in [6, 6.07) is 11.2. The molecule has 0 saturated heterocycles. The van der Waals surface area contributed by atoms with Gasteiger partial charge in [0.05, 0.1) is 27.8 Å². The Morgan fingerprint density at radius 2 is 1.61 bits per heavy atom. The van der Waals surface area contributed by atoms with E-state index in [9.17, 15) is 9.59 Å². The van der Waals surface area contributed by atoms with Gasteiger partial charge in [-0.25, -0.2) is 0 Å². The summed E-state index contributed by atoms with van der Waals surface area (Å²) in [7, 11) is 4.74.